The molecule has 1 aromatic heterocycles. The largest absolute Gasteiger partial charge is 0.477 e. The number of para-hydroxylation sites is 1. The zero-order valence-electron chi connectivity index (χ0n) is 20.4. The maximum atomic E-state index is 12.9. The molecule has 0 saturated carbocycles. The first kappa shape index (κ1) is 27.6. The van der Waals surface area contributed by atoms with E-state index in [-0.39, 0.29) is 36.6 Å². The molecule has 37 heavy (non-hydrogen) atoms. The van der Waals surface area contributed by atoms with E-state index in [1.165, 1.54) is 39.8 Å². The summed E-state index contributed by atoms with van der Waals surface area (Å²) in [4.78, 5) is 43.2. The van der Waals surface area contributed by atoms with E-state index in [0.717, 1.165) is 14.6 Å². The van der Waals surface area contributed by atoms with Gasteiger partial charge in [-0.1, -0.05) is 30.0 Å². The number of likely N-dealkylation sites (N-methyl/N-ethyl adjacent to an activating group) is 1. The first-order valence-corrected chi connectivity index (χ1v) is 14.4. The molecule has 0 spiro atoms. The van der Waals surface area contributed by atoms with Gasteiger partial charge >= 0.3 is 5.97 Å². The molecule has 2 atom stereocenters. The van der Waals surface area contributed by atoms with Gasteiger partial charge in [0.2, 0.25) is 5.91 Å². The highest BCUT2D eigenvalue weighted by Crippen LogP contribution is 2.40. The number of thioether (sulfide) groups is 2. The summed E-state index contributed by atoms with van der Waals surface area (Å²) in [6.07, 6.45) is 3.48. The number of nitrogens with one attached hydrogen (secondary N) is 1. The number of aliphatic hydroxyl groups is 2. The first-order valence-electron chi connectivity index (χ1n) is 11.6. The maximum absolute atomic E-state index is 12.9. The van der Waals surface area contributed by atoms with Crippen LogP contribution < -0.4 is 5.32 Å². The lowest BCUT2D eigenvalue weighted by atomic mass is 10.0. The van der Waals surface area contributed by atoms with Crippen molar-refractivity contribution in [3.8, 4) is 0 Å². The van der Waals surface area contributed by atoms with Crippen LogP contribution in [0.3, 0.4) is 0 Å². The molecule has 0 unspecified atom stereocenters. The Bertz CT molecular complexity index is 1220. The number of thiazole rings is 1. The highest BCUT2D eigenvalue weighted by molar-refractivity contribution is 8.01. The van der Waals surface area contributed by atoms with Crippen molar-refractivity contribution in [3.05, 3.63) is 47.7 Å². The number of benzene rings is 1. The third-order valence-electron chi connectivity index (χ3n) is 6.42. The van der Waals surface area contributed by atoms with Crippen LogP contribution in [0.15, 0.2) is 52.0 Å². The lowest BCUT2D eigenvalue weighted by Crippen LogP contribution is -2.70. The van der Waals surface area contributed by atoms with Crippen LogP contribution in [-0.2, 0) is 14.4 Å². The molecule has 2 amide bonds. The number of rotatable bonds is 11. The van der Waals surface area contributed by atoms with Crippen LogP contribution in [0.2, 0.25) is 0 Å². The SMILES string of the molecule is C[N+](C)(C/C=C/C1=C(C(=O)O)N2C(=O)[C@@H](NC(=O)CSc3nc4ccccc4s3)[C@H]2SC1)C(CO)CO. The van der Waals surface area contributed by atoms with Crippen molar-refractivity contribution >= 4 is 62.9 Å². The summed E-state index contributed by atoms with van der Waals surface area (Å²) in [5, 5.41) is 31.1. The minimum atomic E-state index is -1.20. The molecular weight excluding hydrogens is 536 g/mol. The number of carbonyl (C=O) groups is 3. The summed E-state index contributed by atoms with van der Waals surface area (Å²) in [6, 6.07) is 6.58. The van der Waals surface area contributed by atoms with Crippen LogP contribution in [-0.4, -0.2) is 110 Å². The number of aliphatic hydroxyl groups excluding tert-OH is 2. The number of β-lactam (4-membered cyclic amide) rings is 1. The third kappa shape index (κ3) is 5.86. The monoisotopic (exact) mass is 565 g/mol. The Hall–Kier alpha value is -2.42. The van der Waals surface area contributed by atoms with E-state index in [1.54, 1.807) is 12.2 Å². The summed E-state index contributed by atoms with van der Waals surface area (Å²) >= 11 is 4.21. The standard InChI is InChI=1S/C24H28N4O6S3/c1-28(2,15(10-29)11-30)9-5-6-14-12-35-22-19(21(32)27(22)20(14)23(33)34)26-18(31)13-36-24-25-16-7-3-4-8-17(16)37-24/h3-8,15,19,22,29-30H,9-13H2,1-2H3,(H-,26,31,33,34)/p+1/b6-5+/t19-,22-/m1/s1. The molecule has 4 rings (SSSR count). The number of nitrogens with zero attached hydrogens (tertiary/aromatic N) is 3. The normalized spacial score (nSPS) is 20.0. The molecule has 1 aromatic carbocycles. The quantitative estimate of drug-likeness (QED) is 0.179. The molecule has 10 nitrogen and oxygen atoms in total. The Morgan fingerprint density at radius 3 is 2.70 bits per heavy atom. The van der Waals surface area contributed by atoms with Crippen molar-refractivity contribution in [2.24, 2.45) is 0 Å². The summed E-state index contributed by atoms with van der Waals surface area (Å²) in [5.41, 5.74) is 1.30. The molecule has 2 aliphatic rings. The second-order valence-electron chi connectivity index (χ2n) is 9.25. The number of amides is 2. The van der Waals surface area contributed by atoms with Crippen molar-refractivity contribution in [2.75, 3.05) is 45.4 Å². The van der Waals surface area contributed by atoms with Gasteiger partial charge in [-0.25, -0.2) is 9.78 Å². The van der Waals surface area contributed by atoms with Gasteiger partial charge in [-0.05, 0) is 23.8 Å². The molecule has 2 aliphatic heterocycles. The number of carboxylic acid groups (broad SMARTS) is 1. The molecule has 198 valence electrons. The number of carbonyl (C=O) groups excluding carboxylic acids is 2. The van der Waals surface area contributed by atoms with Gasteiger partial charge in [-0.2, -0.15) is 0 Å². The topological polar surface area (TPSA) is 140 Å². The molecule has 13 heteroatoms. The van der Waals surface area contributed by atoms with Crippen LogP contribution in [0, 0.1) is 0 Å². The van der Waals surface area contributed by atoms with E-state index < -0.39 is 23.3 Å². The Kier molecular flexibility index (Phi) is 8.61. The fraction of sp³-hybridized carbons (Fsp3) is 0.417. The van der Waals surface area contributed by atoms with Crippen molar-refractivity contribution < 1.29 is 34.2 Å². The van der Waals surface area contributed by atoms with E-state index in [1.807, 2.05) is 38.4 Å². The van der Waals surface area contributed by atoms with Gasteiger partial charge in [0.05, 0.1) is 49.8 Å². The van der Waals surface area contributed by atoms with Gasteiger partial charge in [0, 0.05) is 5.75 Å². The lowest BCUT2D eigenvalue weighted by Gasteiger charge is -2.49. The van der Waals surface area contributed by atoms with E-state index >= 15 is 0 Å². The number of allylic oxidation sites excluding steroid dienone is 1. The number of aromatic nitrogens is 1. The van der Waals surface area contributed by atoms with Crippen LogP contribution in [0.25, 0.3) is 10.2 Å². The average molecular weight is 566 g/mol. The molecule has 1 saturated heterocycles. The van der Waals surface area contributed by atoms with Gasteiger partial charge < -0.3 is 25.1 Å². The van der Waals surface area contributed by atoms with Crippen LogP contribution >= 0.6 is 34.9 Å². The van der Waals surface area contributed by atoms with Crippen LogP contribution in [0.5, 0.6) is 0 Å². The molecule has 0 bridgehead atoms. The van der Waals surface area contributed by atoms with E-state index in [4.69, 9.17) is 0 Å². The first-order chi connectivity index (χ1) is 17.7. The molecule has 2 aromatic rings. The Morgan fingerprint density at radius 2 is 2.03 bits per heavy atom. The van der Waals surface area contributed by atoms with E-state index in [9.17, 15) is 29.7 Å². The highest BCUT2D eigenvalue weighted by atomic mass is 32.2. The molecule has 3 heterocycles. The van der Waals surface area contributed by atoms with Gasteiger partial charge in [0.15, 0.2) is 4.34 Å². The maximum Gasteiger partial charge on any atom is 0.352 e. The predicted octanol–water partition coefficient (Wildman–Crippen LogP) is 1.11. The summed E-state index contributed by atoms with van der Waals surface area (Å²) in [6.45, 7) is 0.105. The minimum absolute atomic E-state index is 0.0782. The molecule has 0 aliphatic carbocycles. The van der Waals surface area contributed by atoms with Crippen molar-refractivity contribution in [1.82, 2.24) is 15.2 Å². The molecule has 0 radical (unpaired) electrons. The summed E-state index contributed by atoms with van der Waals surface area (Å²) in [7, 11) is 3.72. The number of hydrogen-bond acceptors (Lipinski definition) is 9. The van der Waals surface area contributed by atoms with Gasteiger partial charge in [-0.15, -0.1) is 23.1 Å². The van der Waals surface area contributed by atoms with Crippen LogP contribution in [0.4, 0.5) is 0 Å². The lowest BCUT2D eigenvalue weighted by molar-refractivity contribution is -0.910. The molecule has 1 fully saturated rings. The van der Waals surface area contributed by atoms with Crippen molar-refractivity contribution in [3.63, 3.8) is 0 Å². The molecule has 4 N–H and O–H groups in total. The Balaban J connectivity index is 1.38. The third-order valence-corrected chi connectivity index (χ3v) is 9.90. The smallest absolute Gasteiger partial charge is 0.352 e. The van der Waals surface area contributed by atoms with Crippen molar-refractivity contribution in [2.45, 2.75) is 21.8 Å². The predicted molar refractivity (Wildman–Crippen MR) is 144 cm³/mol. The van der Waals surface area contributed by atoms with Gasteiger partial charge in [0.25, 0.3) is 5.91 Å². The number of quaternary nitrogens is 1. The summed E-state index contributed by atoms with van der Waals surface area (Å²) in [5.74, 6) is -1.48. The summed E-state index contributed by atoms with van der Waals surface area (Å²) < 4.78 is 2.13. The number of aliphatic carboxylic acids is 1. The number of hydrogen-bond donors (Lipinski definition) is 4. The van der Waals surface area contributed by atoms with Crippen molar-refractivity contribution in [1.29, 1.82) is 0 Å². The highest BCUT2D eigenvalue weighted by Gasteiger charge is 2.53. The second kappa shape index (κ2) is 11.5. The average Bonchev–Trinajstić information content (AvgIpc) is 3.29. The minimum Gasteiger partial charge on any atom is -0.477 e. The Labute approximate surface area is 226 Å². The zero-order valence-corrected chi connectivity index (χ0v) is 22.8. The second-order valence-corrected chi connectivity index (χ2v) is 12.6. The van der Waals surface area contributed by atoms with Crippen LogP contribution in [0.1, 0.15) is 0 Å². The van der Waals surface area contributed by atoms with Gasteiger partial charge in [0.1, 0.15) is 23.2 Å². The zero-order chi connectivity index (χ0) is 26.7. The van der Waals surface area contributed by atoms with E-state index in [2.05, 4.69) is 10.3 Å². The number of fused-ring (bicyclic) bond motifs is 2. The Morgan fingerprint density at radius 1 is 1.30 bits per heavy atom. The van der Waals surface area contributed by atoms with E-state index in [0.29, 0.717) is 22.4 Å². The fourth-order valence-corrected chi connectivity index (χ4v) is 7.34. The molecular formula is C24H29N4O6S3+. The van der Waals surface area contributed by atoms with Gasteiger partial charge in [-0.3, -0.25) is 14.5 Å². The fourth-order valence-electron chi connectivity index (χ4n) is 4.14. The number of carboxylic acids is 1.